The number of aromatic nitrogens is 3. The molecule has 0 N–H and O–H groups in total. The van der Waals surface area contributed by atoms with Gasteiger partial charge in [-0.25, -0.2) is 0 Å². The van der Waals surface area contributed by atoms with Gasteiger partial charge in [-0.1, -0.05) is 62.4 Å². The van der Waals surface area contributed by atoms with Crippen LogP contribution in [0.2, 0.25) is 0 Å². The average molecular weight is 1110 g/mol. The number of benzene rings is 7. The van der Waals surface area contributed by atoms with Crippen LogP contribution in [0.25, 0.3) is 55.8 Å². The summed E-state index contributed by atoms with van der Waals surface area (Å²) in [5, 5.41) is 0. The quantitative estimate of drug-likeness (QED) is 0.142. The van der Waals surface area contributed by atoms with Crippen molar-refractivity contribution in [1.82, 2.24) is 14.1 Å². The van der Waals surface area contributed by atoms with Gasteiger partial charge in [-0.05, 0) is 24.5 Å². The first-order chi connectivity index (χ1) is 34.7. The van der Waals surface area contributed by atoms with Crippen molar-refractivity contribution < 1.29 is 24.1 Å². The van der Waals surface area contributed by atoms with Gasteiger partial charge in [0.1, 0.15) is 0 Å². The molecule has 0 amide bonds. The number of pyridine rings is 1. The van der Waals surface area contributed by atoms with Crippen LogP contribution < -0.4 is 9.64 Å². The molecular formula is C65H60N4OPt-2. The summed E-state index contributed by atoms with van der Waals surface area (Å²) in [6.07, 6.45) is 13.3. The monoisotopic (exact) mass is 1110 g/mol. The number of nitrogens with zero attached hydrogens (tertiary/aromatic N) is 4. The van der Waals surface area contributed by atoms with Crippen molar-refractivity contribution in [2.45, 2.75) is 102 Å². The summed E-state index contributed by atoms with van der Waals surface area (Å²) in [4.78, 5) is 8.01. The van der Waals surface area contributed by atoms with Crippen LogP contribution in [-0.2, 0) is 24.8 Å². The van der Waals surface area contributed by atoms with Crippen molar-refractivity contribution >= 4 is 22.5 Å². The molecule has 9 aromatic rings. The first kappa shape index (κ1) is 45.6. The van der Waals surface area contributed by atoms with Gasteiger partial charge < -0.3 is 0 Å². The van der Waals surface area contributed by atoms with E-state index in [1.54, 1.807) is 0 Å². The van der Waals surface area contributed by atoms with E-state index in [0.717, 1.165) is 37.7 Å². The number of aryl methyl sites for hydroxylation is 1. The number of rotatable bonds is 8. The van der Waals surface area contributed by atoms with Crippen LogP contribution in [0.15, 0.2) is 170 Å². The number of anilines is 2. The molecule has 0 radical (unpaired) electrons. The van der Waals surface area contributed by atoms with Crippen LogP contribution in [0.4, 0.5) is 11.5 Å². The number of fused-ring (bicyclic) bond motifs is 5. The van der Waals surface area contributed by atoms with E-state index in [2.05, 4.69) is 237 Å². The molecule has 1 spiro atoms. The fourth-order valence-corrected chi connectivity index (χ4v) is 13.6. The second-order valence-corrected chi connectivity index (χ2v) is 22.2. The summed E-state index contributed by atoms with van der Waals surface area (Å²) in [5.41, 5.74) is 16.3. The Bertz CT molecular complexity index is 3410. The molecule has 1 aliphatic heterocycles. The molecule has 2 unspecified atom stereocenters. The number of para-hydroxylation sites is 2. The molecule has 5 nitrogen and oxygen atoms in total. The molecule has 2 aliphatic carbocycles. The van der Waals surface area contributed by atoms with E-state index in [1.165, 1.54) is 108 Å². The van der Waals surface area contributed by atoms with Crippen molar-refractivity contribution in [3.05, 3.63) is 203 Å². The van der Waals surface area contributed by atoms with Gasteiger partial charge in [0.2, 0.25) is 0 Å². The van der Waals surface area contributed by atoms with Gasteiger partial charge in [-0.2, -0.15) is 0 Å². The molecule has 0 bridgehead atoms. The zero-order valence-electron chi connectivity index (χ0n) is 41.2. The Labute approximate surface area is 430 Å². The predicted molar refractivity (Wildman–Crippen MR) is 287 cm³/mol. The van der Waals surface area contributed by atoms with Gasteiger partial charge in [-0.3, -0.25) is 0 Å². The van der Waals surface area contributed by atoms with Crippen LogP contribution in [0.5, 0.6) is 11.5 Å². The Morgan fingerprint density at radius 2 is 1.20 bits per heavy atom. The first-order valence-electron chi connectivity index (χ1n) is 25.7. The average Bonchev–Trinajstić information content (AvgIpc) is 3.70. The number of imidazole rings is 1. The van der Waals surface area contributed by atoms with Gasteiger partial charge in [0.15, 0.2) is 0 Å². The van der Waals surface area contributed by atoms with Crippen molar-refractivity contribution in [3.63, 3.8) is 0 Å². The van der Waals surface area contributed by atoms with Crippen molar-refractivity contribution in [1.29, 1.82) is 0 Å². The molecule has 12 rings (SSSR count). The van der Waals surface area contributed by atoms with E-state index in [0.29, 0.717) is 23.3 Å². The third-order valence-corrected chi connectivity index (χ3v) is 16.9. The van der Waals surface area contributed by atoms with Gasteiger partial charge >= 0.3 is 334 Å². The Balaban J connectivity index is 0.982. The van der Waals surface area contributed by atoms with Gasteiger partial charge in [0.05, 0.1) is 0 Å². The molecule has 2 fully saturated rings. The number of hydrogen-bond acceptors (Lipinski definition) is 3. The Morgan fingerprint density at radius 1 is 0.606 bits per heavy atom. The van der Waals surface area contributed by atoms with E-state index in [9.17, 15) is 0 Å². The minimum atomic E-state index is -0.0691. The molecule has 358 valence electrons. The van der Waals surface area contributed by atoms with Crippen LogP contribution in [0, 0.1) is 28.8 Å². The number of hydrogen-bond donors (Lipinski definition) is 0. The normalized spacial score (nSPS) is 17.5. The van der Waals surface area contributed by atoms with Crippen molar-refractivity contribution in [2.75, 3.05) is 4.90 Å². The summed E-state index contributed by atoms with van der Waals surface area (Å²) >= 11 is 2.53. The van der Waals surface area contributed by atoms with E-state index in [-0.39, 0.29) is 11.0 Å². The minimum absolute atomic E-state index is 0.0133. The summed E-state index contributed by atoms with van der Waals surface area (Å²) in [5.74, 6) is 3.45. The number of ether oxygens (including phenoxy) is 1. The van der Waals surface area contributed by atoms with Crippen LogP contribution in [0.3, 0.4) is 0 Å². The minimum Gasteiger partial charge on any atom is -0.0622 e. The van der Waals surface area contributed by atoms with E-state index in [1.807, 2.05) is 6.07 Å². The Morgan fingerprint density at radius 3 is 1.83 bits per heavy atom. The molecule has 2 saturated carbocycles. The molecule has 2 aromatic heterocycles. The molecule has 3 heterocycles. The topological polar surface area (TPSA) is 35.2 Å². The van der Waals surface area contributed by atoms with Crippen LogP contribution in [-0.4, -0.2) is 19.7 Å². The van der Waals surface area contributed by atoms with E-state index >= 15 is 0 Å². The smallest absolute Gasteiger partial charge is 0.0622 e. The second-order valence-electron chi connectivity index (χ2n) is 21.2. The van der Waals surface area contributed by atoms with Crippen LogP contribution >= 0.6 is 0 Å². The second kappa shape index (κ2) is 18.6. The zero-order chi connectivity index (χ0) is 48.3. The van der Waals surface area contributed by atoms with Crippen molar-refractivity contribution in [2.24, 2.45) is 5.92 Å². The summed E-state index contributed by atoms with van der Waals surface area (Å²) in [7, 11) is 0. The van der Waals surface area contributed by atoms with E-state index < -0.39 is 0 Å². The molecule has 3 aliphatic rings. The van der Waals surface area contributed by atoms with Gasteiger partial charge in [0, 0.05) is 11.8 Å². The third kappa shape index (κ3) is 8.15. The van der Waals surface area contributed by atoms with Gasteiger partial charge in [-0.15, -0.1) is 0 Å². The molecule has 7 aromatic carbocycles. The van der Waals surface area contributed by atoms with Gasteiger partial charge in [0.25, 0.3) is 0 Å². The third-order valence-electron chi connectivity index (χ3n) is 15.9. The maximum absolute atomic E-state index is 6.96. The van der Waals surface area contributed by atoms with Crippen LogP contribution in [0.1, 0.15) is 101 Å². The van der Waals surface area contributed by atoms with E-state index in [4.69, 9.17) is 9.72 Å². The standard InChI is InChI=1S/C65H60N4O.Pt/c1-45-38-62(66-43-57(45)48-26-13-7-14-27-48)69-61-42-52(34-35-54(61)53-30-15-16-31-58(53)65(69)36-19-8-20-37-65)70-51-29-21-28-50(41-51)67-44-68(60-33-18-17-32-59(60)67)63-55(46-22-9-5-10-23-46)39-49(64(2,3)4)40-56(63)47-24-11-6-12-25-47;/h5-7,9-14,17-18,21-29,32-35,38-40,43,53,58H,8,15-16,19-20,30-31,36-37H2,1-4H3;/q-2;. The summed E-state index contributed by atoms with van der Waals surface area (Å²) < 4.78 is 12.8. The molecular weight excluding hydrogens is 1050 g/mol. The fraction of sp³-hybridized carbons (Fsp3) is 0.262. The molecule has 71 heavy (non-hydrogen) atoms. The summed E-state index contributed by atoms with van der Waals surface area (Å²) in [6.45, 7) is 9.16. The fourth-order valence-electron chi connectivity index (χ4n) is 12.5. The van der Waals surface area contributed by atoms with Crippen molar-refractivity contribution in [3.8, 4) is 56.3 Å². The zero-order valence-corrected chi connectivity index (χ0v) is 43.5. The molecule has 2 atom stereocenters. The molecule has 6 heteroatoms. The Hall–Kier alpha value is -6.55. The predicted octanol–water partition coefficient (Wildman–Crippen LogP) is 17.0. The Kier molecular flexibility index (Phi) is 11.9. The first-order valence-corrected chi connectivity index (χ1v) is 26.9. The SMILES string of the molecule is Cc1cc(N2c3[c-]c(Oc4[c-]c(-n5[c](=[Pt])n(-c6c(-c7ccccc7)cc(C(C)(C)C)cc6-c6ccccc6)c6ccccc65)ccc4)ccc3C3CCCCC3C23CCCCC3)ncc1-c1ccccc1. The summed E-state index contributed by atoms with van der Waals surface area (Å²) in [6, 6.07) is 66.8. The maximum atomic E-state index is 6.96. The molecule has 0 saturated heterocycles.